The molecule has 0 aliphatic heterocycles. The van der Waals surface area contributed by atoms with E-state index in [-0.39, 0.29) is 17.8 Å². The Morgan fingerprint density at radius 2 is 2.00 bits per heavy atom. The Morgan fingerprint density at radius 3 is 2.65 bits per heavy atom. The summed E-state index contributed by atoms with van der Waals surface area (Å²) in [7, 11) is 1.40. The summed E-state index contributed by atoms with van der Waals surface area (Å²) in [6.45, 7) is 4.17. The zero-order chi connectivity index (χ0) is 16.8. The molecule has 1 aromatic rings. The van der Waals surface area contributed by atoms with Crippen LogP contribution in [0.1, 0.15) is 73.2 Å². The maximum absolute atomic E-state index is 12.6. The molecule has 0 spiro atoms. The lowest BCUT2D eigenvalue weighted by Crippen LogP contribution is -2.23. The van der Waals surface area contributed by atoms with Gasteiger partial charge in [-0.2, -0.15) is 0 Å². The minimum absolute atomic E-state index is 0.0135. The monoisotopic (exact) mass is 337 g/mol. The molecule has 4 nitrogen and oxygen atoms in total. The number of amides is 1. The van der Waals surface area contributed by atoms with Crippen LogP contribution >= 0.6 is 11.3 Å². The smallest absolute Gasteiger partial charge is 0.341 e. The lowest BCUT2D eigenvalue weighted by molar-refractivity contribution is -0.120. The molecule has 1 unspecified atom stereocenters. The van der Waals surface area contributed by atoms with Crippen LogP contribution in [0.4, 0.5) is 5.00 Å². The van der Waals surface area contributed by atoms with Gasteiger partial charge in [0, 0.05) is 10.8 Å². The topological polar surface area (TPSA) is 55.4 Å². The number of anilines is 1. The van der Waals surface area contributed by atoms with Crippen molar-refractivity contribution in [2.75, 3.05) is 12.4 Å². The first kappa shape index (κ1) is 18.0. The second-order valence-corrected chi connectivity index (χ2v) is 7.25. The normalized spacial score (nSPS) is 14.9. The molecule has 1 heterocycles. The zero-order valence-electron chi connectivity index (χ0n) is 14.4. The molecule has 1 aromatic heterocycles. The number of carbonyl (C=O) groups excluding carboxylic acids is 2. The summed E-state index contributed by atoms with van der Waals surface area (Å²) in [6.07, 6.45) is 8.00. The van der Waals surface area contributed by atoms with E-state index in [0.29, 0.717) is 10.6 Å². The minimum atomic E-state index is -0.332. The highest BCUT2D eigenvalue weighted by molar-refractivity contribution is 7.17. The molecule has 128 valence electrons. The van der Waals surface area contributed by atoms with Gasteiger partial charge >= 0.3 is 5.97 Å². The number of carbonyl (C=O) groups is 2. The molecule has 1 N–H and O–H groups in total. The number of ether oxygens (including phenoxy) is 1. The number of fused-ring (bicyclic) bond motifs is 1. The van der Waals surface area contributed by atoms with Crippen molar-refractivity contribution < 1.29 is 14.3 Å². The summed E-state index contributed by atoms with van der Waals surface area (Å²) in [5.41, 5.74) is 1.68. The van der Waals surface area contributed by atoms with Crippen LogP contribution in [-0.2, 0) is 22.4 Å². The Bertz CT molecular complexity index is 565. The molecule has 0 radical (unpaired) electrons. The molecule has 23 heavy (non-hydrogen) atoms. The van der Waals surface area contributed by atoms with E-state index in [1.807, 2.05) is 6.92 Å². The van der Waals surface area contributed by atoms with E-state index in [1.54, 1.807) is 11.3 Å². The quantitative estimate of drug-likeness (QED) is 0.742. The Kier molecular flexibility index (Phi) is 6.63. The number of hydrogen-bond acceptors (Lipinski definition) is 4. The van der Waals surface area contributed by atoms with Crippen LogP contribution in [0.2, 0.25) is 0 Å². The van der Waals surface area contributed by atoms with E-state index >= 15 is 0 Å². The Morgan fingerprint density at radius 1 is 1.26 bits per heavy atom. The second-order valence-electron chi connectivity index (χ2n) is 6.14. The van der Waals surface area contributed by atoms with Crippen molar-refractivity contribution in [2.45, 2.75) is 65.2 Å². The van der Waals surface area contributed by atoms with Crippen LogP contribution in [0.15, 0.2) is 0 Å². The van der Waals surface area contributed by atoms with Gasteiger partial charge < -0.3 is 10.1 Å². The number of esters is 1. The number of methoxy groups -OCH3 is 1. The van der Waals surface area contributed by atoms with Crippen molar-refractivity contribution in [3.8, 4) is 0 Å². The van der Waals surface area contributed by atoms with E-state index in [4.69, 9.17) is 4.74 Å². The fourth-order valence-corrected chi connectivity index (χ4v) is 4.44. The van der Waals surface area contributed by atoms with Crippen molar-refractivity contribution in [2.24, 2.45) is 5.92 Å². The lowest BCUT2D eigenvalue weighted by Gasteiger charge is -2.15. The molecule has 1 aliphatic rings. The molecule has 1 atom stereocenters. The third-order valence-electron chi connectivity index (χ3n) is 4.57. The van der Waals surface area contributed by atoms with Crippen molar-refractivity contribution in [3.05, 3.63) is 16.0 Å². The largest absolute Gasteiger partial charge is 0.465 e. The predicted molar refractivity (Wildman–Crippen MR) is 94.2 cm³/mol. The van der Waals surface area contributed by atoms with Crippen LogP contribution in [-0.4, -0.2) is 19.0 Å². The number of nitrogens with one attached hydrogen (secondary N) is 1. The summed E-state index contributed by atoms with van der Waals surface area (Å²) >= 11 is 1.55. The van der Waals surface area contributed by atoms with Gasteiger partial charge in [-0.1, -0.05) is 26.7 Å². The summed E-state index contributed by atoms with van der Waals surface area (Å²) in [5.74, 6) is -0.286. The summed E-state index contributed by atoms with van der Waals surface area (Å²) < 4.78 is 4.95. The highest BCUT2D eigenvalue weighted by atomic mass is 32.1. The van der Waals surface area contributed by atoms with Gasteiger partial charge in [0.05, 0.1) is 12.7 Å². The molecule has 0 bridgehead atoms. The van der Waals surface area contributed by atoms with Crippen LogP contribution < -0.4 is 5.32 Å². The van der Waals surface area contributed by atoms with Gasteiger partial charge in [-0.05, 0) is 44.1 Å². The minimum Gasteiger partial charge on any atom is -0.465 e. The molecule has 1 aliphatic carbocycles. The molecule has 0 saturated heterocycles. The van der Waals surface area contributed by atoms with Gasteiger partial charge in [0.25, 0.3) is 0 Å². The summed E-state index contributed by atoms with van der Waals surface area (Å²) in [5, 5.41) is 3.71. The van der Waals surface area contributed by atoms with Gasteiger partial charge in [-0.25, -0.2) is 4.79 Å². The molecule has 5 heteroatoms. The Labute approximate surface area is 142 Å². The first-order valence-electron chi connectivity index (χ1n) is 8.66. The van der Waals surface area contributed by atoms with Gasteiger partial charge in [0.15, 0.2) is 0 Å². The summed E-state index contributed by atoms with van der Waals surface area (Å²) in [6, 6.07) is 0. The van der Waals surface area contributed by atoms with Gasteiger partial charge in [0.1, 0.15) is 5.00 Å². The van der Waals surface area contributed by atoms with Crippen LogP contribution in [0, 0.1) is 5.92 Å². The SMILES string of the molecule is CCCCC(CC)C(=O)Nc1sc2c(c1C(=O)OC)CCCC2. The van der Waals surface area contributed by atoms with Crippen molar-refractivity contribution in [1.29, 1.82) is 0 Å². The number of unbranched alkanes of at least 4 members (excludes halogenated alkanes) is 1. The first-order valence-corrected chi connectivity index (χ1v) is 9.47. The number of aryl methyl sites for hydroxylation is 1. The number of thiophene rings is 1. The maximum Gasteiger partial charge on any atom is 0.341 e. The first-order chi connectivity index (χ1) is 11.1. The molecule has 1 amide bonds. The fraction of sp³-hybridized carbons (Fsp3) is 0.667. The van der Waals surface area contributed by atoms with Gasteiger partial charge in [-0.3, -0.25) is 4.79 Å². The van der Waals surface area contributed by atoms with Crippen LogP contribution in [0.3, 0.4) is 0 Å². The zero-order valence-corrected chi connectivity index (χ0v) is 15.2. The molecular weight excluding hydrogens is 310 g/mol. The van der Waals surface area contributed by atoms with Crippen molar-refractivity contribution >= 4 is 28.2 Å². The maximum atomic E-state index is 12.6. The van der Waals surface area contributed by atoms with Crippen molar-refractivity contribution in [3.63, 3.8) is 0 Å². The Balaban J connectivity index is 2.23. The highest BCUT2D eigenvalue weighted by Gasteiger charge is 2.28. The molecule has 0 saturated carbocycles. The second kappa shape index (κ2) is 8.48. The predicted octanol–water partition coefficient (Wildman–Crippen LogP) is 4.57. The summed E-state index contributed by atoms with van der Waals surface area (Å²) in [4.78, 5) is 26.0. The highest BCUT2D eigenvalue weighted by Crippen LogP contribution is 2.38. The Hall–Kier alpha value is -1.36. The van der Waals surface area contributed by atoms with E-state index in [0.717, 1.165) is 56.9 Å². The fourth-order valence-electron chi connectivity index (χ4n) is 3.16. The van der Waals surface area contributed by atoms with E-state index in [2.05, 4.69) is 12.2 Å². The molecular formula is C18H27NO3S. The van der Waals surface area contributed by atoms with E-state index in [1.165, 1.54) is 12.0 Å². The lowest BCUT2D eigenvalue weighted by atomic mass is 9.95. The van der Waals surface area contributed by atoms with Crippen LogP contribution in [0.5, 0.6) is 0 Å². The molecule has 0 aromatic carbocycles. The third kappa shape index (κ3) is 4.14. The van der Waals surface area contributed by atoms with Gasteiger partial charge in [-0.15, -0.1) is 11.3 Å². The van der Waals surface area contributed by atoms with E-state index < -0.39 is 0 Å². The number of rotatable bonds is 7. The average Bonchev–Trinajstić information content (AvgIpc) is 2.92. The van der Waals surface area contributed by atoms with Crippen LogP contribution in [0.25, 0.3) is 0 Å². The van der Waals surface area contributed by atoms with Gasteiger partial charge in [0.2, 0.25) is 5.91 Å². The number of hydrogen-bond donors (Lipinski definition) is 1. The average molecular weight is 337 g/mol. The standard InChI is InChI=1S/C18H27NO3S/c1-4-6-9-12(5-2)16(20)19-17-15(18(21)22-3)13-10-7-8-11-14(13)23-17/h12H,4-11H2,1-3H3,(H,19,20). The molecule has 2 rings (SSSR count). The van der Waals surface area contributed by atoms with Crippen molar-refractivity contribution in [1.82, 2.24) is 0 Å². The molecule has 0 fully saturated rings. The van der Waals surface area contributed by atoms with E-state index in [9.17, 15) is 9.59 Å². The third-order valence-corrected chi connectivity index (χ3v) is 5.77.